The lowest BCUT2D eigenvalue weighted by Gasteiger charge is -2.07. The molecule has 0 amide bonds. The standard InChI is InChI=1S/C10H8F3N3O/c1-6-14-15-9(17)16(6)8-4-2-7(3-5-8)10(11,12)13/h2-5H,1H3,(H,15,17). The maximum Gasteiger partial charge on any atom is 0.416 e. The Morgan fingerprint density at radius 3 is 2.24 bits per heavy atom. The molecule has 2 aromatic rings. The molecule has 0 aliphatic carbocycles. The van der Waals surface area contributed by atoms with Crippen molar-refractivity contribution in [1.29, 1.82) is 0 Å². The van der Waals surface area contributed by atoms with Crippen molar-refractivity contribution in [2.45, 2.75) is 13.1 Å². The summed E-state index contributed by atoms with van der Waals surface area (Å²) in [7, 11) is 0. The van der Waals surface area contributed by atoms with Crippen molar-refractivity contribution in [3.63, 3.8) is 0 Å². The number of aryl methyl sites for hydroxylation is 1. The summed E-state index contributed by atoms with van der Waals surface area (Å²) in [4.78, 5) is 11.3. The number of hydrogen-bond donors (Lipinski definition) is 1. The monoisotopic (exact) mass is 243 g/mol. The Labute approximate surface area is 93.7 Å². The van der Waals surface area contributed by atoms with Gasteiger partial charge in [0.1, 0.15) is 5.82 Å². The highest BCUT2D eigenvalue weighted by molar-refractivity contribution is 5.36. The number of rotatable bonds is 1. The van der Waals surface area contributed by atoms with E-state index in [0.29, 0.717) is 11.5 Å². The second-order valence-corrected chi connectivity index (χ2v) is 3.46. The Kier molecular flexibility index (Phi) is 2.53. The highest BCUT2D eigenvalue weighted by Crippen LogP contribution is 2.29. The topological polar surface area (TPSA) is 50.7 Å². The minimum absolute atomic E-state index is 0.342. The Morgan fingerprint density at radius 2 is 1.82 bits per heavy atom. The third-order valence-electron chi connectivity index (χ3n) is 2.29. The van der Waals surface area contributed by atoms with Gasteiger partial charge in [-0.25, -0.2) is 14.5 Å². The van der Waals surface area contributed by atoms with Crippen molar-refractivity contribution in [2.24, 2.45) is 0 Å². The van der Waals surface area contributed by atoms with Crippen LogP contribution in [0.25, 0.3) is 5.69 Å². The number of aromatic amines is 1. The minimum atomic E-state index is -4.38. The molecule has 0 atom stereocenters. The largest absolute Gasteiger partial charge is 0.416 e. The summed E-state index contributed by atoms with van der Waals surface area (Å²) in [6.45, 7) is 1.58. The molecule has 1 aromatic heterocycles. The van der Waals surface area contributed by atoms with E-state index in [-0.39, 0.29) is 0 Å². The first kappa shape index (κ1) is 11.4. The molecule has 0 aliphatic rings. The zero-order chi connectivity index (χ0) is 12.6. The molecule has 0 saturated heterocycles. The number of aromatic nitrogens is 3. The van der Waals surface area contributed by atoms with E-state index < -0.39 is 17.4 Å². The van der Waals surface area contributed by atoms with Crippen LogP contribution in [-0.4, -0.2) is 14.8 Å². The van der Waals surface area contributed by atoms with Crippen LogP contribution in [0.3, 0.4) is 0 Å². The summed E-state index contributed by atoms with van der Waals surface area (Å²) >= 11 is 0. The van der Waals surface area contributed by atoms with Crippen LogP contribution in [0.15, 0.2) is 29.1 Å². The molecule has 0 bridgehead atoms. The van der Waals surface area contributed by atoms with E-state index in [0.717, 1.165) is 12.1 Å². The highest BCUT2D eigenvalue weighted by atomic mass is 19.4. The van der Waals surface area contributed by atoms with Gasteiger partial charge in [0.05, 0.1) is 11.3 Å². The fourth-order valence-corrected chi connectivity index (χ4v) is 1.48. The van der Waals surface area contributed by atoms with Crippen LogP contribution >= 0.6 is 0 Å². The number of nitrogens with one attached hydrogen (secondary N) is 1. The van der Waals surface area contributed by atoms with Crippen molar-refractivity contribution < 1.29 is 13.2 Å². The maximum absolute atomic E-state index is 12.3. The second-order valence-electron chi connectivity index (χ2n) is 3.46. The van der Waals surface area contributed by atoms with Gasteiger partial charge in [-0.15, -0.1) is 0 Å². The molecule has 1 aromatic carbocycles. The van der Waals surface area contributed by atoms with Gasteiger partial charge in [0, 0.05) is 0 Å². The summed E-state index contributed by atoms with van der Waals surface area (Å²) in [6, 6.07) is 4.31. The second kappa shape index (κ2) is 3.76. The average Bonchev–Trinajstić information content (AvgIpc) is 2.58. The number of halogens is 3. The van der Waals surface area contributed by atoms with Crippen LogP contribution in [0, 0.1) is 6.92 Å². The van der Waals surface area contributed by atoms with E-state index in [1.54, 1.807) is 6.92 Å². The molecule has 0 aliphatic heterocycles. The van der Waals surface area contributed by atoms with E-state index in [1.165, 1.54) is 16.7 Å². The van der Waals surface area contributed by atoms with Crippen LogP contribution < -0.4 is 5.69 Å². The third kappa shape index (κ3) is 2.08. The SMILES string of the molecule is Cc1n[nH]c(=O)n1-c1ccc(C(F)(F)F)cc1. The van der Waals surface area contributed by atoms with Crippen LogP contribution in [0.4, 0.5) is 13.2 Å². The minimum Gasteiger partial charge on any atom is -0.247 e. The lowest BCUT2D eigenvalue weighted by Crippen LogP contribution is -2.16. The van der Waals surface area contributed by atoms with Crippen LogP contribution in [0.2, 0.25) is 0 Å². The quantitative estimate of drug-likeness (QED) is 0.831. The molecule has 0 unspecified atom stereocenters. The zero-order valence-electron chi connectivity index (χ0n) is 8.75. The number of H-pyrrole nitrogens is 1. The molecule has 0 saturated carbocycles. The number of hydrogen-bond acceptors (Lipinski definition) is 2. The maximum atomic E-state index is 12.3. The molecule has 17 heavy (non-hydrogen) atoms. The molecular weight excluding hydrogens is 235 g/mol. The van der Waals surface area contributed by atoms with Gasteiger partial charge < -0.3 is 0 Å². The lowest BCUT2D eigenvalue weighted by atomic mass is 10.2. The van der Waals surface area contributed by atoms with Crippen molar-refractivity contribution >= 4 is 0 Å². The smallest absolute Gasteiger partial charge is 0.247 e. The van der Waals surface area contributed by atoms with Crippen molar-refractivity contribution in [3.8, 4) is 5.69 Å². The predicted octanol–water partition coefficient (Wildman–Crippen LogP) is 1.89. The average molecular weight is 243 g/mol. The zero-order valence-corrected chi connectivity index (χ0v) is 8.75. The van der Waals surface area contributed by atoms with E-state index in [2.05, 4.69) is 10.2 Å². The molecule has 2 rings (SSSR count). The van der Waals surface area contributed by atoms with Crippen LogP contribution in [-0.2, 0) is 6.18 Å². The molecule has 1 N–H and O–H groups in total. The van der Waals surface area contributed by atoms with Gasteiger partial charge in [-0.2, -0.15) is 18.3 Å². The molecular formula is C10H8F3N3O. The Balaban J connectivity index is 2.47. The van der Waals surface area contributed by atoms with Crippen molar-refractivity contribution in [1.82, 2.24) is 14.8 Å². The normalized spacial score (nSPS) is 11.8. The first-order chi connectivity index (χ1) is 7.89. The summed E-state index contributed by atoms with van der Waals surface area (Å²) in [5, 5.41) is 5.88. The Bertz CT molecular complexity index is 580. The molecule has 0 fully saturated rings. The van der Waals surface area contributed by atoms with Crippen LogP contribution in [0.5, 0.6) is 0 Å². The van der Waals surface area contributed by atoms with E-state index in [1.807, 2.05) is 0 Å². The van der Waals surface area contributed by atoms with E-state index in [4.69, 9.17) is 0 Å². The van der Waals surface area contributed by atoms with Gasteiger partial charge in [0.25, 0.3) is 0 Å². The van der Waals surface area contributed by atoms with Gasteiger partial charge in [-0.3, -0.25) is 0 Å². The van der Waals surface area contributed by atoms with Crippen molar-refractivity contribution in [2.75, 3.05) is 0 Å². The molecule has 0 spiro atoms. The highest BCUT2D eigenvalue weighted by Gasteiger charge is 2.30. The number of nitrogens with zero attached hydrogens (tertiary/aromatic N) is 2. The summed E-state index contributed by atoms with van der Waals surface area (Å²) in [6.07, 6.45) is -4.38. The molecule has 0 radical (unpaired) electrons. The first-order valence-electron chi connectivity index (χ1n) is 4.71. The lowest BCUT2D eigenvalue weighted by molar-refractivity contribution is -0.137. The van der Waals surface area contributed by atoms with Gasteiger partial charge >= 0.3 is 11.9 Å². The summed E-state index contributed by atoms with van der Waals surface area (Å²) in [5.74, 6) is 0.384. The summed E-state index contributed by atoms with van der Waals surface area (Å²) in [5.41, 5.74) is -0.896. The number of alkyl halides is 3. The Hall–Kier alpha value is -2.05. The van der Waals surface area contributed by atoms with E-state index in [9.17, 15) is 18.0 Å². The fourth-order valence-electron chi connectivity index (χ4n) is 1.48. The van der Waals surface area contributed by atoms with Gasteiger partial charge in [0.15, 0.2) is 0 Å². The van der Waals surface area contributed by atoms with E-state index >= 15 is 0 Å². The van der Waals surface area contributed by atoms with Gasteiger partial charge in [-0.05, 0) is 31.2 Å². The molecule has 1 heterocycles. The molecule has 4 nitrogen and oxygen atoms in total. The van der Waals surface area contributed by atoms with Gasteiger partial charge in [0.2, 0.25) is 0 Å². The van der Waals surface area contributed by atoms with Crippen LogP contribution in [0.1, 0.15) is 11.4 Å². The summed E-state index contributed by atoms with van der Waals surface area (Å²) < 4.78 is 38.2. The van der Waals surface area contributed by atoms with Gasteiger partial charge in [-0.1, -0.05) is 0 Å². The number of benzene rings is 1. The predicted molar refractivity (Wildman–Crippen MR) is 53.9 cm³/mol. The first-order valence-corrected chi connectivity index (χ1v) is 4.71. The Morgan fingerprint density at radius 1 is 1.24 bits per heavy atom. The molecule has 7 heteroatoms. The third-order valence-corrected chi connectivity index (χ3v) is 2.29. The molecule has 90 valence electrons. The fraction of sp³-hybridized carbons (Fsp3) is 0.200. The van der Waals surface area contributed by atoms with Crippen molar-refractivity contribution in [3.05, 3.63) is 46.1 Å².